The van der Waals surface area contributed by atoms with Gasteiger partial charge in [0.2, 0.25) is 5.91 Å². The lowest BCUT2D eigenvalue weighted by Crippen LogP contribution is -2.34. The van der Waals surface area contributed by atoms with Gasteiger partial charge in [-0.05, 0) is 57.0 Å². The summed E-state index contributed by atoms with van der Waals surface area (Å²) >= 11 is 0. The zero-order valence-corrected chi connectivity index (χ0v) is 20.2. The number of aromatic nitrogens is 1. The van der Waals surface area contributed by atoms with E-state index < -0.39 is 11.6 Å². The number of ether oxygens (including phenoxy) is 2. The van der Waals surface area contributed by atoms with E-state index in [0.29, 0.717) is 29.8 Å². The van der Waals surface area contributed by atoms with Crippen molar-refractivity contribution < 1.29 is 23.9 Å². The van der Waals surface area contributed by atoms with Crippen molar-refractivity contribution in [1.82, 2.24) is 15.6 Å². The van der Waals surface area contributed by atoms with Crippen LogP contribution >= 0.6 is 0 Å². The summed E-state index contributed by atoms with van der Waals surface area (Å²) in [6.07, 6.45) is 0.460. The van der Waals surface area contributed by atoms with Gasteiger partial charge in [0.1, 0.15) is 17.0 Å². The molecule has 0 spiro atoms. The third-order valence-electron chi connectivity index (χ3n) is 4.71. The van der Waals surface area contributed by atoms with E-state index in [1.54, 1.807) is 27.9 Å². The van der Waals surface area contributed by atoms with E-state index in [1.165, 1.54) is 6.92 Å². The lowest BCUT2D eigenvalue weighted by atomic mass is 10.0. The highest BCUT2D eigenvalue weighted by molar-refractivity contribution is 6.01. The molecule has 1 heterocycles. The molecule has 2 amide bonds. The van der Waals surface area contributed by atoms with Crippen LogP contribution in [-0.4, -0.2) is 48.6 Å². The molecule has 9 nitrogen and oxygen atoms in total. The van der Waals surface area contributed by atoms with Gasteiger partial charge in [0, 0.05) is 31.4 Å². The van der Waals surface area contributed by atoms with Gasteiger partial charge >= 0.3 is 5.97 Å². The molecule has 33 heavy (non-hydrogen) atoms. The Balaban J connectivity index is 2.32. The number of methoxy groups -OCH3 is 1. The number of anilines is 1. The zero-order chi connectivity index (χ0) is 24.6. The Morgan fingerprint density at radius 2 is 1.67 bits per heavy atom. The second-order valence-corrected chi connectivity index (χ2v) is 8.51. The fourth-order valence-electron chi connectivity index (χ4n) is 3.26. The predicted octanol–water partition coefficient (Wildman–Crippen LogP) is 3.02. The monoisotopic (exact) mass is 458 g/mol. The first-order valence-corrected chi connectivity index (χ1v) is 10.9. The van der Waals surface area contributed by atoms with Gasteiger partial charge in [-0.25, -0.2) is 4.79 Å². The topological polar surface area (TPSA) is 122 Å². The molecular weight excluding hydrogens is 424 g/mol. The molecule has 2 rings (SSSR count). The van der Waals surface area contributed by atoms with Crippen molar-refractivity contribution in [3.8, 4) is 5.75 Å². The minimum absolute atomic E-state index is 0.170. The van der Waals surface area contributed by atoms with Crippen LogP contribution in [0.15, 0.2) is 24.3 Å². The SMILES string of the molecule is CCc1c(C(=O)OC(C)(C)C)[nH]c(CNc2ccc(OC)cc2)c1C(=O)NCCNC(C)=O. The number of hydrogen-bond donors (Lipinski definition) is 4. The molecule has 0 radical (unpaired) electrons. The molecule has 9 heteroatoms. The maximum absolute atomic E-state index is 13.1. The summed E-state index contributed by atoms with van der Waals surface area (Å²) in [6, 6.07) is 7.39. The van der Waals surface area contributed by atoms with Crippen LogP contribution < -0.4 is 20.7 Å². The van der Waals surface area contributed by atoms with Gasteiger partial charge in [0.15, 0.2) is 0 Å². The average Bonchev–Trinajstić information content (AvgIpc) is 3.13. The number of hydrogen-bond acceptors (Lipinski definition) is 6. The van der Waals surface area contributed by atoms with Crippen molar-refractivity contribution in [3.05, 3.63) is 46.8 Å². The van der Waals surface area contributed by atoms with Gasteiger partial charge in [-0.1, -0.05) is 6.92 Å². The quantitative estimate of drug-likeness (QED) is 0.321. The number of esters is 1. The van der Waals surface area contributed by atoms with Gasteiger partial charge in [-0.3, -0.25) is 9.59 Å². The molecule has 0 fully saturated rings. The molecule has 0 atom stereocenters. The summed E-state index contributed by atoms with van der Waals surface area (Å²) in [5.74, 6) is -0.269. The highest BCUT2D eigenvalue weighted by atomic mass is 16.6. The molecule has 0 unspecified atom stereocenters. The van der Waals surface area contributed by atoms with Crippen molar-refractivity contribution in [3.63, 3.8) is 0 Å². The number of aromatic amines is 1. The highest BCUT2D eigenvalue weighted by Gasteiger charge is 2.28. The van der Waals surface area contributed by atoms with Crippen LogP contribution in [0.3, 0.4) is 0 Å². The zero-order valence-electron chi connectivity index (χ0n) is 20.2. The molecule has 0 saturated heterocycles. The average molecular weight is 459 g/mol. The number of amides is 2. The first-order chi connectivity index (χ1) is 15.6. The Morgan fingerprint density at radius 3 is 2.21 bits per heavy atom. The summed E-state index contributed by atoms with van der Waals surface area (Å²) in [7, 11) is 1.60. The third kappa shape index (κ3) is 7.55. The van der Waals surface area contributed by atoms with E-state index >= 15 is 0 Å². The lowest BCUT2D eigenvalue weighted by Gasteiger charge is -2.19. The van der Waals surface area contributed by atoms with Gasteiger partial charge in [-0.2, -0.15) is 0 Å². The second kappa shape index (κ2) is 11.4. The van der Waals surface area contributed by atoms with Crippen molar-refractivity contribution in [2.24, 2.45) is 0 Å². The number of carbonyl (C=O) groups excluding carboxylic acids is 3. The van der Waals surface area contributed by atoms with Gasteiger partial charge in [-0.15, -0.1) is 0 Å². The summed E-state index contributed by atoms with van der Waals surface area (Å²) < 4.78 is 10.7. The van der Waals surface area contributed by atoms with Crippen LogP contribution in [0.25, 0.3) is 0 Å². The maximum atomic E-state index is 13.1. The normalized spacial score (nSPS) is 11.0. The molecule has 0 aliphatic carbocycles. The van der Waals surface area contributed by atoms with E-state index in [1.807, 2.05) is 31.2 Å². The minimum Gasteiger partial charge on any atom is -0.497 e. The first-order valence-electron chi connectivity index (χ1n) is 10.9. The largest absolute Gasteiger partial charge is 0.497 e. The Hall–Kier alpha value is -3.49. The predicted molar refractivity (Wildman–Crippen MR) is 127 cm³/mol. The summed E-state index contributed by atoms with van der Waals surface area (Å²) in [6.45, 7) is 9.54. The molecule has 0 bridgehead atoms. The van der Waals surface area contributed by atoms with Crippen LogP contribution in [0, 0.1) is 0 Å². The van der Waals surface area contributed by atoms with Crippen LogP contribution in [0.2, 0.25) is 0 Å². The Labute approximate surface area is 194 Å². The fourth-order valence-corrected chi connectivity index (χ4v) is 3.26. The molecule has 1 aromatic heterocycles. The Morgan fingerprint density at radius 1 is 1.03 bits per heavy atom. The smallest absolute Gasteiger partial charge is 0.355 e. The number of rotatable bonds is 10. The molecule has 1 aromatic carbocycles. The van der Waals surface area contributed by atoms with E-state index in [0.717, 1.165) is 11.4 Å². The molecule has 180 valence electrons. The molecule has 4 N–H and O–H groups in total. The summed E-state index contributed by atoms with van der Waals surface area (Å²) in [5.41, 5.74) is 2.00. The van der Waals surface area contributed by atoms with Crippen LogP contribution in [0.5, 0.6) is 5.75 Å². The van der Waals surface area contributed by atoms with Gasteiger partial charge in [0.25, 0.3) is 5.91 Å². The fraction of sp³-hybridized carbons (Fsp3) is 0.458. The Bertz CT molecular complexity index is 974. The van der Waals surface area contributed by atoms with E-state index in [2.05, 4.69) is 20.9 Å². The van der Waals surface area contributed by atoms with Crippen molar-refractivity contribution in [2.75, 3.05) is 25.5 Å². The highest BCUT2D eigenvalue weighted by Crippen LogP contribution is 2.24. The molecule has 2 aromatic rings. The minimum atomic E-state index is -0.671. The van der Waals surface area contributed by atoms with Crippen molar-refractivity contribution >= 4 is 23.5 Å². The standard InChI is InChI=1S/C24H34N4O5/c1-7-18-20(22(30)26-13-12-25-15(2)29)19(28-21(18)23(31)33-24(3,4)5)14-27-16-8-10-17(32-6)11-9-16/h8-11,27-28H,7,12-14H2,1-6H3,(H,25,29)(H,26,30). The first kappa shape index (κ1) is 25.8. The second-order valence-electron chi connectivity index (χ2n) is 8.51. The van der Waals surface area contributed by atoms with Gasteiger partial charge < -0.3 is 30.4 Å². The van der Waals surface area contributed by atoms with Crippen LogP contribution in [0.1, 0.15) is 66.7 Å². The Kier molecular flexibility index (Phi) is 8.90. The number of H-pyrrole nitrogens is 1. The number of benzene rings is 1. The number of nitrogens with one attached hydrogen (secondary N) is 4. The molecular formula is C24H34N4O5. The van der Waals surface area contributed by atoms with Crippen molar-refractivity contribution in [2.45, 2.75) is 53.2 Å². The lowest BCUT2D eigenvalue weighted by molar-refractivity contribution is -0.118. The number of carbonyl (C=O) groups is 3. The van der Waals surface area contributed by atoms with E-state index in [4.69, 9.17) is 9.47 Å². The molecule has 0 aliphatic rings. The van der Waals surface area contributed by atoms with Crippen molar-refractivity contribution in [1.29, 1.82) is 0 Å². The third-order valence-corrected chi connectivity index (χ3v) is 4.71. The van der Waals surface area contributed by atoms with Crippen LogP contribution in [-0.2, 0) is 22.5 Å². The van der Waals surface area contributed by atoms with Crippen LogP contribution in [0.4, 0.5) is 5.69 Å². The van der Waals surface area contributed by atoms with Gasteiger partial charge in [0.05, 0.1) is 19.2 Å². The van der Waals surface area contributed by atoms with E-state index in [-0.39, 0.29) is 30.6 Å². The molecule has 0 aliphatic heterocycles. The summed E-state index contributed by atoms with van der Waals surface area (Å²) in [5, 5.41) is 8.72. The van der Waals surface area contributed by atoms with E-state index in [9.17, 15) is 14.4 Å². The molecule has 0 saturated carbocycles. The maximum Gasteiger partial charge on any atom is 0.355 e. The summed E-state index contributed by atoms with van der Waals surface area (Å²) in [4.78, 5) is 40.1.